The zero-order chi connectivity index (χ0) is 17.9. The number of carbonyl (C=O) groups excluding carboxylic acids is 3. The highest BCUT2D eigenvalue weighted by molar-refractivity contribution is 5.99. The molecule has 0 spiro atoms. The fourth-order valence-electron chi connectivity index (χ4n) is 2.57. The fourth-order valence-corrected chi connectivity index (χ4v) is 2.57. The van der Waals surface area contributed by atoms with Gasteiger partial charge in [0.25, 0.3) is 0 Å². The Balaban J connectivity index is 2.08. The predicted octanol–water partition coefficient (Wildman–Crippen LogP) is 2.90. The largest absolute Gasteiger partial charge is 0.459 e. The Morgan fingerprint density at radius 2 is 1.83 bits per heavy atom. The van der Waals surface area contributed by atoms with Crippen molar-refractivity contribution in [2.24, 2.45) is 5.92 Å². The van der Waals surface area contributed by atoms with Crippen LogP contribution in [0.15, 0.2) is 30.3 Å². The summed E-state index contributed by atoms with van der Waals surface area (Å²) in [5, 5.41) is 0. The van der Waals surface area contributed by atoms with Crippen LogP contribution in [0.3, 0.4) is 0 Å². The van der Waals surface area contributed by atoms with Gasteiger partial charge in [0.2, 0.25) is 5.91 Å². The minimum absolute atomic E-state index is 0.0965. The normalized spacial score (nSPS) is 20.8. The number of hydrogen-bond donors (Lipinski definition) is 0. The molecular weight excluding hydrogens is 310 g/mol. The highest BCUT2D eigenvalue weighted by Crippen LogP contribution is 2.28. The summed E-state index contributed by atoms with van der Waals surface area (Å²) < 4.78 is 10.5. The summed E-state index contributed by atoms with van der Waals surface area (Å²) in [4.78, 5) is 37.7. The van der Waals surface area contributed by atoms with Crippen molar-refractivity contribution in [3.8, 4) is 0 Å². The van der Waals surface area contributed by atoms with E-state index in [9.17, 15) is 14.4 Å². The molecule has 1 aromatic rings. The van der Waals surface area contributed by atoms with Gasteiger partial charge in [0.1, 0.15) is 18.2 Å². The molecule has 0 aromatic heterocycles. The minimum Gasteiger partial charge on any atom is -0.459 e. The summed E-state index contributed by atoms with van der Waals surface area (Å²) in [5.41, 5.74) is 0.0912. The van der Waals surface area contributed by atoms with Crippen LogP contribution in [-0.2, 0) is 25.7 Å². The molecule has 0 unspecified atom stereocenters. The van der Waals surface area contributed by atoms with E-state index >= 15 is 0 Å². The molecule has 1 aromatic carbocycles. The van der Waals surface area contributed by atoms with Crippen LogP contribution >= 0.6 is 0 Å². The number of nitrogens with zero attached hydrogens (tertiary/aromatic N) is 1. The van der Waals surface area contributed by atoms with Gasteiger partial charge in [-0.1, -0.05) is 37.3 Å². The molecule has 1 saturated heterocycles. The minimum atomic E-state index is -0.948. The van der Waals surface area contributed by atoms with Gasteiger partial charge in [0, 0.05) is 6.42 Å². The topological polar surface area (TPSA) is 72.9 Å². The molecule has 6 nitrogen and oxygen atoms in total. The van der Waals surface area contributed by atoms with E-state index in [2.05, 4.69) is 0 Å². The van der Waals surface area contributed by atoms with E-state index in [0.717, 1.165) is 10.5 Å². The first-order chi connectivity index (χ1) is 11.2. The lowest BCUT2D eigenvalue weighted by Gasteiger charge is -2.27. The van der Waals surface area contributed by atoms with Crippen molar-refractivity contribution in [2.75, 3.05) is 0 Å². The number of likely N-dealkylation sites (tertiary alicyclic amines) is 1. The molecule has 0 bridgehead atoms. The van der Waals surface area contributed by atoms with Crippen molar-refractivity contribution < 1.29 is 23.9 Å². The van der Waals surface area contributed by atoms with E-state index in [1.807, 2.05) is 30.3 Å². The maximum Gasteiger partial charge on any atom is 0.417 e. The van der Waals surface area contributed by atoms with E-state index in [0.29, 0.717) is 0 Å². The molecule has 0 aliphatic carbocycles. The molecule has 130 valence electrons. The quantitative estimate of drug-likeness (QED) is 0.795. The molecular formula is C18H23NO5. The summed E-state index contributed by atoms with van der Waals surface area (Å²) in [5.74, 6) is -1.32. The Bertz CT molecular complexity index is 620. The first-order valence-electron chi connectivity index (χ1n) is 7.94. The first kappa shape index (κ1) is 18.0. The highest BCUT2D eigenvalue weighted by Gasteiger charge is 2.47. The van der Waals surface area contributed by atoms with Gasteiger partial charge in [0.15, 0.2) is 0 Å². The number of imide groups is 1. The Morgan fingerprint density at radius 1 is 1.21 bits per heavy atom. The van der Waals surface area contributed by atoms with Gasteiger partial charge in [-0.25, -0.2) is 14.5 Å². The first-order valence-corrected chi connectivity index (χ1v) is 7.94. The molecule has 0 saturated carbocycles. The van der Waals surface area contributed by atoms with Gasteiger partial charge in [-0.15, -0.1) is 0 Å². The molecule has 1 aliphatic heterocycles. The number of benzene rings is 1. The second kappa shape index (κ2) is 7.03. The lowest BCUT2D eigenvalue weighted by atomic mass is 10.0. The molecule has 1 fully saturated rings. The molecule has 0 radical (unpaired) electrons. The van der Waals surface area contributed by atoms with Crippen LogP contribution in [0.1, 0.15) is 39.7 Å². The molecule has 2 atom stereocenters. The van der Waals surface area contributed by atoms with E-state index in [1.54, 1.807) is 27.7 Å². The van der Waals surface area contributed by atoms with Crippen LogP contribution in [0.25, 0.3) is 0 Å². The van der Waals surface area contributed by atoms with Crippen molar-refractivity contribution in [1.82, 2.24) is 4.90 Å². The predicted molar refractivity (Wildman–Crippen MR) is 86.9 cm³/mol. The Kier molecular flexibility index (Phi) is 5.26. The van der Waals surface area contributed by atoms with Gasteiger partial charge in [-0.2, -0.15) is 0 Å². The van der Waals surface area contributed by atoms with Crippen molar-refractivity contribution in [3.05, 3.63) is 35.9 Å². The summed E-state index contributed by atoms with van der Waals surface area (Å²) in [6.07, 6.45) is -0.692. The van der Waals surface area contributed by atoms with Crippen LogP contribution in [0.2, 0.25) is 0 Å². The third-order valence-corrected chi connectivity index (χ3v) is 3.64. The SMILES string of the molecule is C[C@H]1CC(=O)N(C(=O)OC(C)(C)C)[C@@H]1C(=O)OCc1ccccc1. The van der Waals surface area contributed by atoms with Crippen LogP contribution in [0.5, 0.6) is 0 Å². The van der Waals surface area contributed by atoms with Gasteiger partial charge in [-0.3, -0.25) is 4.79 Å². The van der Waals surface area contributed by atoms with Crippen LogP contribution in [-0.4, -0.2) is 34.5 Å². The Hall–Kier alpha value is -2.37. The number of carbonyl (C=O) groups is 3. The Morgan fingerprint density at radius 3 is 2.42 bits per heavy atom. The molecule has 24 heavy (non-hydrogen) atoms. The monoisotopic (exact) mass is 333 g/mol. The number of esters is 1. The fraction of sp³-hybridized carbons (Fsp3) is 0.500. The third-order valence-electron chi connectivity index (χ3n) is 3.64. The Labute approximate surface area is 141 Å². The summed E-state index contributed by atoms with van der Waals surface area (Å²) in [6, 6.07) is 8.28. The number of ether oxygens (including phenoxy) is 2. The number of hydrogen-bond acceptors (Lipinski definition) is 5. The number of rotatable bonds is 3. The standard InChI is InChI=1S/C18H23NO5/c1-12-10-14(20)19(17(22)24-18(2,3)4)15(12)16(21)23-11-13-8-6-5-7-9-13/h5-9,12,15H,10-11H2,1-4H3/t12-,15-/m0/s1. The lowest BCUT2D eigenvalue weighted by molar-refractivity contribution is -0.153. The van der Waals surface area contributed by atoms with E-state index < -0.39 is 29.6 Å². The van der Waals surface area contributed by atoms with Crippen molar-refractivity contribution in [2.45, 2.75) is 52.4 Å². The molecule has 2 amide bonds. The lowest BCUT2D eigenvalue weighted by Crippen LogP contribution is -2.47. The molecule has 1 heterocycles. The van der Waals surface area contributed by atoms with Crippen molar-refractivity contribution in [1.29, 1.82) is 0 Å². The third kappa shape index (κ3) is 4.34. The van der Waals surface area contributed by atoms with E-state index in [-0.39, 0.29) is 18.9 Å². The molecule has 0 N–H and O–H groups in total. The van der Waals surface area contributed by atoms with Crippen molar-refractivity contribution in [3.63, 3.8) is 0 Å². The average Bonchev–Trinajstić information content (AvgIpc) is 2.78. The maximum absolute atomic E-state index is 12.4. The number of amides is 2. The van der Waals surface area contributed by atoms with Gasteiger partial charge >= 0.3 is 12.1 Å². The maximum atomic E-state index is 12.4. The van der Waals surface area contributed by atoms with Crippen LogP contribution < -0.4 is 0 Å². The zero-order valence-corrected chi connectivity index (χ0v) is 14.4. The smallest absolute Gasteiger partial charge is 0.417 e. The van der Waals surface area contributed by atoms with E-state index in [4.69, 9.17) is 9.47 Å². The molecule has 6 heteroatoms. The van der Waals surface area contributed by atoms with Crippen LogP contribution in [0, 0.1) is 5.92 Å². The van der Waals surface area contributed by atoms with Crippen molar-refractivity contribution >= 4 is 18.0 Å². The summed E-state index contributed by atoms with van der Waals surface area (Å²) in [7, 11) is 0. The highest BCUT2D eigenvalue weighted by atomic mass is 16.6. The molecule has 2 rings (SSSR count). The average molecular weight is 333 g/mol. The molecule has 1 aliphatic rings. The van der Waals surface area contributed by atoms with Crippen LogP contribution in [0.4, 0.5) is 4.79 Å². The van der Waals surface area contributed by atoms with Gasteiger partial charge in [0.05, 0.1) is 0 Å². The second-order valence-electron chi connectivity index (χ2n) is 6.96. The van der Waals surface area contributed by atoms with E-state index in [1.165, 1.54) is 0 Å². The zero-order valence-electron chi connectivity index (χ0n) is 14.4. The second-order valence-corrected chi connectivity index (χ2v) is 6.96. The summed E-state index contributed by atoms with van der Waals surface area (Å²) >= 11 is 0. The summed E-state index contributed by atoms with van der Waals surface area (Å²) in [6.45, 7) is 6.96. The van der Waals surface area contributed by atoms with Gasteiger partial charge < -0.3 is 9.47 Å². The van der Waals surface area contributed by atoms with Gasteiger partial charge in [-0.05, 0) is 32.3 Å².